The van der Waals surface area contributed by atoms with E-state index in [1.807, 2.05) is 24.3 Å². The molecule has 2 nitrogen and oxygen atoms in total. The Morgan fingerprint density at radius 1 is 1.45 bits per heavy atom. The minimum absolute atomic E-state index is 0.548. The fourth-order valence-corrected chi connectivity index (χ4v) is 1.59. The Bertz CT molecular complexity index is 273. The number of para-hydroxylation sites is 1. The van der Waals surface area contributed by atoms with Gasteiger partial charge in [-0.05, 0) is 11.6 Å². The van der Waals surface area contributed by atoms with Crippen molar-refractivity contribution in [2.75, 3.05) is 12.0 Å². The van der Waals surface area contributed by atoms with Gasteiger partial charge in [0.25, 0.3) is 0 Å². The normalized spacial score (nSPS) is 12.8. The van der Waals surface area contributed by atoms with Crippen LogP contribution in [0.5, 0.6) is 0 Å². The van der Waals surface area contributed by atoms with Crippen molar-refractivity contribution in [1.29, 1.82) is 0 Å². The molecule has 1 rings (SSSR count). The molecule has 0 spiro atoms. The van der Waals surface area contributed by atoms with Gasteiger partial charge < -0.3 is 5.73 Å². The lowest BCUT2D eigenvalue weighted by atomic mass is 10.2. The largest absolute Gasteiger partial charge is 0.398 e. The Kier molecular flexibility index (Phi) is 2.65. The van der Waals surface area contributed by atoms with E-state index in [4.69, 9.17) is 5.73 Å². The molecule has 0 saturated heterocycles. The van der Waals surface area contributed by atoms with E-state index < -0.39 is 10.8 Å². The highest BCUT2D eigenvalue weighted by molar-refractivity contribution is 7.83. The number of hydrogen-bond acceptors (Lipinski definition) is 2. The van der Waals surface area contributed by atoms with Gasteiger partial charge in [0.2, 0.25) is 0 Å². The summed E-state index contributed by atoms with van der Waals surface area (Å²) < 4.78 is 10.8. The van der Waals surface area contributed by atoms with Crippen LogP contribution < -0.4 is 5.73 Å². The second-order valence-electron chi connectivity index (χ2n) is 2.42. The summed E-state index contributed by atoms with van der Waals surface area (Å²) in [6, 6.07) is 7.49. The second kappa shape index (κ2) is 3.53. The van der Waals surface area contributed by atoms with Gasteiger partial charge in [0.1, 0.15) is 0 Å². The van der Waals surface area contributed by atoms with Crippen molar-refractivity contribution >= 4 is 16.5 Å². The minimum atomic E-state index is -0.807. The number of benzene rings is 1. The zero-order chi connectivity index (χ0) is 8.27. The summed E-state index contributed by atoms with van der Waals surface area (Å²) in [5.41, 5.74) is 7.33. The molecule has 0 unspecified atom stereocenters. The van der Waals surface area contributed by atoms with Crippen molar-refractivity contribution in [3.8, 4) is 0 Å². The van der Waals surface area contributed by atoms with Crippen molar-refractivity contribution in [3.05, 3.63) is 29.8 Å². The van der Waals surface area contributed by atoms with E-state index >= 15 is 0 Å². The summed E-state index contributed by atoms with van der Waals surface area (Å²) in [7, 11) is -0.807. The molecule has 0 aliphatic heterocycles. The van der Waals surface area contributed by atoms with Crippen LogP contribution in [0.1, 0.15) is 5.56 Å². The van der Waals surface area contributed by atoms with Gasteiger partial charge in [-0.15, -0.1) is 0 Å². The average Bonchev–Trinajstić information content (AvgIpc) is 1.93. The second-order valence-corrected chi connectivity index (χ2v) is 3.85. The summed E-state index contributed by atoms with van der Waals surface area (Å²) >= 11 is 0. The Balaban J connectivity index is 2.86. The molecule has 3 heteroatoms. The lowest BCUT2D eigenvalue weighted by Gasteiger charge is -2.01. The topological polar surface area (TPSA) is 43.1 Å². The molecule has 60 valence electrons. The Morgan fingerprint density at radius 3 is 2.64 bits per heavy atom. The van der Waals surface area contributed by atoms with Crippen LogP contribution in [0.2, 0.25) is 0 Å². The Hall–Kier alpha value is -0.830. The first-order chi connectivity index (χ1) is 5.20. The summed E-state index contributed by atoms with van der Waals surface area (Å²) in [5.74, 6) is 0.548. The first-order valence-electron chi connectivity index (χ1n) is 3.33. The fraction of sp³-hybridized carbons (Fsp3) is 0.250. The van der Waals surface area contributed by atoms with E-state index in [-0.39, 0.29) is 0 Å². The molecule has 0 fully saturated rings. The molecule has 11 heavy (non-hydrogen) atoms. The number of nitrogens with two attached hydrogens (primary N) is 1. The third-order valence-corrected chi connectivity index (χ3v) is 2.13. The van der Waals surface area contributed by atoms with E-state index in [1.54, 1.807) is 6.26 Å². The van der Waals surface area contributed by atoms with Gasteiger partial charge in [0.05, 0.1) is 5.75 Å². The smallest absolute Gasteiger partial charge is 0.0503 e. The Labute approximate surface area is 68.9 Å². The van der Waals surface area contributed by atoms with Crippen molar-refractivity contribution < 1.29 is 4.21 Å². The number of anilines is 1. The molecule has 0 aliphatic carbocycles. The molecule has 0 aliphatic rings. The summed E-state index contributed by atoms with van der Waals surface area (Å²) in [5, 5.41) is 0. The molecule has 0 bridgehead atoms. The van der Waals surface area contributed by atoms with E-state index in [0.29, 0.717) is 5.75 Å². The van der Waals surface area contributed by atoms with Gasteiger partial charge in [0, 0.05) is 22.7 Å². The van der Waals surface area contributed by atoms with Crippen molar-refractivity contribution in [1.82, 2.24) is 0 Å². The first-order valence-corrected chi connectivity index (χ1v) is 5.06. The molecule has 0 heterocycles. The average molecular weight is 169 g/mol. The summed E-state index contributed by atoms with van der Waals surface area (Å²) in [6.07, 6.45) is 1.67. The molecule has 1 aromatic carbocycles. The zero-order valence-corrected chi connectivity index (χ0v) is 7.23. The van der Waals surface area contributed by atoms with Crippen LogP contribution in [-0.4, -0.2) is 10.5 Å². The molecule has 0 amide bonds. The highest BCUT2D eigenvalue weighted by atomic mass is 32.2. The highest BCUT2D eigenvalue weighted by Gasteiger charge is 1.98. The standard InChI is InChI=1S/C8H11NOS/c1-11(10)6-7-4-2-3-5-8(7)9/h2-5H,6,9H2,1H3/t11-/m1/s1. The highest BCUT2D eigenvalue weighted by Crippen LogP contribution is 2.11. The van der Waals surface area contributed by atoms with Crippen LogP contribution in [0.3, 0.4) is 0 Å². The maximum atomic E-state index is 10.8. The van der Waals surface area contributed by atoms with Crippen LogP contribution >= 0.6 is 0 Å². The van der Waals surface area contributed by atoms with Gasteiger partial charge in [-0.25, -0.2) is 0 Å². The van der Waals surface area contributed by atoms with Gasteiger partial charge in [-0.3, -0.25) is 4.21 Å². The van der Waals surface area contributed by atoms with E-state index in [9.17, 15) is 4.21 Å². The fourth-order valence-electron chi connectivity index (χ4n) is 0.885. The van der Waals surface area contributed by atoms with Crippen molar-refractivity contribution in [2.24, 2.45) is 0 Å². The number of nitrogen functional groups attached to an aromatic ring is 1. The molecule has 1 aromatic rings. The first kappa shape index (κ1) is 8.27. The summed E-state index contributed by atoms with van der Waals surface area (Å²) in [4.78, 5) is 0. The van der Waals surface area contributed by atoms with Crippen LogP contribution in [0.15, 0.2) is 24.3 Å². The van der Waals surface area contributed by atoms with E-state index in [2.05, 4.69) is 0 Å². The van der Waals surface area contributed by atoms with Crippen LogP contribution in [0.4, 0.5) is 5.69 Å². The monoisotopic (exact) mass is 169 g/mol. The van der Waals surface area contributed by atoms with Crippen LogP contribution in [-0.2, 0) is 16.6 Å². The van der Waals surface area contributed by atoms with Gasteiger partial charge >= 0.3 is 0 Å². The minimum Gasteiger partial charge on any atom is -0.398 e. The van der Waals surface area contributed by atoms with Gasteiger partial charge in [0.15, 0.2) is 0 Å². The van der Waals surface area contributed by atoms with E-state index in [1.165, 1.54) is 0 Å². The SMILES string of the molecule is C[S@@](=O)Cc1ccccc1N. The zero-order valence-electron chi connectivity index (χ0n) is 6.41. The van der Waals surface area contributed by atoms with Crippen LogP contribution in [0.25, 0.3) is 0 Å². The molecule has 0 aromatic heterocycles. The maximum Gasteiger partial charge on any atom is 0.0503 e. The molecular weight excluding hydrogens is 158 g/mol. The van der Waals surface area contributed by atoms with Crippen molar-refractivity contribution in [2.45, 2.75) is 5.75 Å². The molecule has 2 N–H and O–H groups in total. The molecule has 0 radical (unpaired) electrons. The number of rotatable bonds is 2. The quantitative estimate of drug-likeness (QED) is 0.675. The van der Waals surface area contributed by atoms with Crippen LogP contribution in [0, 0.1) is 0 Å². The summed E-state index contributed by atoms with van der Waals surface area (Å²) in [6.45, 7) is 0. The lowest BCUT2D eigenvalue weighted by molar-refractivity contribution is 0.686. The maximum absolute atomic E-state index is 10.8. The van der Waals surface area contributed by atoms with Gasteiger partial charge in [-0.1, -0.05) is 18.2 Å². The third-order valence-electron chi connectivity index (χ3n) is 1.41. The molecule has 0 saturated carbocycles. The predicted octanol–water partition coefficient (Wildman–Crippen LogP) is 1.15. The lowest BCUT2D eigenvalue weighted by Crippen LogP contribution is -1.97. The molecular formula is C8H11NOS. The van der Waals surface area contributed by atoms with E-state index in [0.717, 1.165) is 11.3 Å². The Morgan fingerprint density at radius 2 is 2.09 bits per heavy atom. The molecule has 1 atom stereocenters. The number of hydrogen-bond donors (Lipinski definition) is 1. The third kappa shape index (κ3) is 2.35. The van der Waals surface area contributed by atoms with Gasteiger partial charge in [-0.2, -0.15) is 0 Å². The van der Waals surface area contributed by atoms with Crippen molar-refractivity contribution in [3.63, 3.8) is 0 Å². The predicted molar refractivity (Wildman–Crippen MR) is 48.6 cm³/mol.